The smallest absolute Gasteiger partial charge is 0.139 e. The topological polar surface area (TPSA) is 13.1 Å². The molecular weight excluding hydrogens is 532 g/mol. The van der Waals surface area contributed by atoms with Crippen LogP contribution in [0.3, 0.4) is 0 Å². The summed E-state index contributed by atoms with van der Waals surface area (Å²) in [5.74, 6) is 0.275. The Bertz CT molecular complexity index is 2430. The molecular formula is C43H30O. The Labute approximate surface area is 256 Å². The molecule has 44 heavy (non-hydrogen) atoms. The van der Waals surface area contributed by atoms with Gasteiger partial charge in [0.15, 0.2) is 0 Å². The molecule has 0 fully saturated rings. The molecule has 0 saturated heterocycles. The van der Waals surface area contributed by atoms with Gasteiger partial charge in [-0.3, -0.25) is 0 Å². The maximum Gasteiger partial charge on any atom is 0.139 e. The quantitative estimate of drug-likeness (QED) is 0.195. The van der Waals surface area contributed by atoms with Crippen LogP contribution in [0.5, 0.6) is 0 Å². The van der Waals surface area contributed by atoms with Gasteiger partial charge in [0.25, 0.3) is 0 Å². The standard InChI is InChI=1S/C43H30O/c1-27-12-2-5-15-32(27)38-25-31(26-39-33-16-10-11-21-40(33)44-43(38)39)42-36-19-8-6-17-34(36)41(35-18-7-9-20-37(35)42)30-23-22-28-13-3-4-14-29(28)24-30/h2-14,16-26,32H,15H2,1H3. The number of benzene rings is 7. The molecule has 0 bridgehead atoms. The highest BCUT2D eigenvalue weighted by atomic mass is 16.3. The third kappa shape index (κ3) is 3.79. The van der Waals surface area contributed by atoms with E-state index in [1.54, 1.807) is 0 Å². The molecule has 208 valence electrons. The summed E-state index contributed by atoms with van der Waals surface area (Å²) < 4.78 is 6.61. The van der Waals surface area contributed by atoms with E-state index in [9.17, 15) is 0 Å². The van der Waals surface area contributed by atoms with Crippen LogP contribution >= 0.6 is 0 Å². The summed E-state index contributed by atoms with van der Waals surface area (Å²) in [5, 5.41) is 9.94. The highest BCUT2D eigenvalue weighted by Crippen LogP contribution is 2.47. The molecule has 1 heterocycles. The van der Waals surface area contributed by atoms with E-state index in [-0.39, 0.29) is 5.92 Å². The molecule has 1 atom stereocenters. The van der Waals surface area contributed by atoms with Gasteiger partial charge in [0.05, 0.1) is 0 Å². The van der Waals surface area contributed by atoms with E-state index in [0.29, 0.717) is 0 Å². The zero-order chi connectivity index (χ0) is 29.2. The Morgan fingerprint density at radius 2 is 1.16 bits per heavy atom. The molecule has 9 rings (SSSR count). The summed E-state index contributed by atoms with van der Waals surface area (Å²) in [6, 6.07) is 46.6. The fraction of sp³-hybridized carbons (Fsp3) is 0.0698. The molecule has 0 saturated carbocycles. The van der Waals surface area contributed by atoms with Crippen molar-refractivity contribution in [3.8, 4) is 22.3 Å². The van der Waals surface area contributed by atoms with Crippen LogP contribution in [0.15, 0.2) is 156 Å². The van der Waals surface area contributed by atoms with Gasteiger partial charge in [-0.1, -0.05) is 127 Å². The lowest BCUT2D eigenvalue weighted by molar-refractivity contribution is 0.654. The van der Waals surface area contributed by atoms with Gasteiger partial charge in [-0.15, -0.1) is 0 Å². The minimum Gasteiger partial charge on any atom is -0.456 e. The predicted octanol–water partition coefficient (Wildman–Crippen LogP) is 12.4. The maximum absolute atomic E-state index is 6.61. The lowest BCUT2D eigenvalue weighted by atomic mass is 9.81. The number of para-hydroxylation sites is 1. The Morgan fingerprint density at radius 3 is 1.86 bits per heavy atom. The highest BCUT2D eigenvalue weighted by Gasteiger charge is 2.24. The number of hydrogen-bond acceptors (Lipinski definition) is 1. The summed E-state index contributed by atoms with van der Waals surface area (Å²) in [6.07, 6.45) is 7.68. The summed E-state index contributed by atoms with van der Waals surface area (Å²) in [7, 11) is 0. The molecule has 8 aromatic rings. The fourth-order valence-electron chi connectivity index (χ4n) is 7.46. The van der Waals surface area contributed by atoms with E-state index in [1.165, 1.54) is 76.5 Å². The Kier molecular flexibility index (Phi) is 5.61. The van der Waals surface area contributed by atoms with E-state index in [1.807, 2.05) is 0 Å². The maximum atomic E-state index is 6.61. The second kappa shape index (κ2) is 9.82. The van der Waals surface area contributed by atoms with Crippen LogP contribution in [0.2, 0.25) is 0 Å². The van der Waals surface area contributed by atoms with Gasteiger partial charge in [0.2, 0.25) is 0 Å². The van der Waals surface area contributed by atoms with E-state index in [4.69, 9.17) is 4.42 Å². The molecule has 1 unspecified atom stereocenters. The third-order valence-electron chi connectivity index (χ3n) is 9.56. The lowest BCUT2D eigenvalue weighted by Gasteiger charge is -2.22. The van der Waals surface area contributed by atoms with Crippen LogP contribution < -0.4 is 0 Å². The van der Waals surface area contributed by atoms with Crippen molar-refractivity contribution in [2.45, 2.75) is 19.3 Å². The number of fused-ring (bicyclic) bond motifs is 6. The predicted molar refractivity (Wildman–Crippen MR) is 187 cm³/mol. The Balaban J connectivity index is 1.40. The Morgan fingerprint density at radius 1 is 0.545 bits per heavy atom. The highest BCUT2D eigenvalue weighted by molar-refractivity contribution is 6.22. The van der Waals surface area contributed by atoms with Gasteiger partial charge in [0, 0.05) is 22.3 Å². The summed E-state index contributed by atoms with van der Waals surface area (Å²) >= 11 is 0. The van der Waals surface area contributed by atoms with E-state index < -0.39 is 0 Å². The molecule has 0 radical (unpaired) electrons. The Hall–Kier alpha value is -5.40. The zero-order valence-electron chi connectivity index (χ0n) is 24.5. The minimum atomic E-state index is 0.275. The van der Waals surface area contributed by atoms with Gasteiger partial charge in [-0.2, -0.15) is 0 Å². The van der Waals surface area contributed by atoms with Crippen LogP contribution in [-0.2, 0) is 0 Å². The number of hydrogen-bond donors (Lipinski definition) is 0. The second-order valence-corrected chi connectivity index (χ2v) is 12.1. The molecule has 0 amide bonds. The molecule has 1 aromatic heterocycles. The molecule has 1 aliphatic rings. The number of allylic oxidation sites excluding steroid dienone is 4. The van der Waals surface area contributed by atoms with Crippen molar-refractivity contribution < 1.29 is 4.42 Å². The number of rotatable bonds is 3. The first kappa shape index (κ1) is 25.1. The third-order valence-corrected chi connectivity index (χ3v) is 9.56. The van der Waals surface area contributed by atoms with Crippen molar-refractivity contribution in [2.24, 2.45) is 0 Å². The van der Waals surface area contributed by atoms with E-state index in [0.717, 1.165) is 17.6 Å². The SMILES string of the molecule is CC1=CC=CCC1c1cc(-c2c3ccccc3c(-c3ccc4ccccc4c3)c3ccccc23)cc2c1oc1ccccc12. The van der Waals surface area contributed by atoms with E-state index >= 15 is 0 Å². The largest absolute Gasteiger partial charge is 0.456 e. The lowest BCUT2D eigenvalue weighted by Crippen LogP contribution is -2.03. The first-order valence-corrected chi connectivity index (χ1v) is 15.5. The number of furan rings is 1. The van der Waals surface area contributed by atoms with Gasteiger partial charge in [0.1, 0.15) is 11.2 Å². The van der Waals surface area contributed by atoms with Crippen LogP contribution in [0.1, 0.15) is 24.8 Å². The van der Waals surface area contributed by atoms with Crippen LogP contribution in [0.4, 0.5) is 0 Å². The molecule has 0 spiro atoms. The van der Waals surface area contributed by atoms with Gasteiger partial charge < -0.3 is 4.42 Å². The summed E-state index contributed by atoms with van der Waals surface area (Å²) in [5.41, 5.74) is 9.62. The van der Waals surface area contributed by atoms with Gasteiger partial charge >= 0.3 is 0 Å². The van der Waals surface area contributed by atoms with E-state index in [2.05, 4.69) is 153 Å². The molecule has 7 aromatic carbocycles. The average Bonchev–Trinajstić information content (AvgIpc) is 3.45. The first-order chi connectivity index (χ1) is 21.7. The van der Waals surface area contributed by atoms with Gasteiger partial charge in [-0.05, 0) is 92.2 Å². The molecule has 1 nitrogen and oxygen atoms in total. The van der Waals surface area contributed by atoms with Crippen molar-refractivity contribution in [1.29, 1.82) is 0 Å². The van der Waals surface area contributed by atoms with Crippen molar-refractivity contribution in [2.75, 3.05) is 0 Å². The fourth-order valence-corrected chi connectivity index (χ4v) is 7.46. The summed E-state index contributed by atoms with van der Waals surface area (Å²) in [4.78, 5) is 0. The zero-order valence-corrected chi connectivity index (χ0v) is 24.5. The average molecular weight is 563 g/mol. The van der Waals surface area contributed by atoms with Crippen LogP contribution in [0.25, 0.3) is 76.5 Å². The van der Waals surface area contributed by atoms with Crippen molar-refractivity contribution in [3.05, 3.63) is 157 Å². The minimum absolute atomic E-state index is 0.275. The van der Waals surface area contributed by atoms with Crippen molar-refractivity contribution >= 4 is 54.3 Å². The van der Waals surface area contributed by atoms with Crippen molar-refractivity contribution in [1.82, 2.24) is 0 Å². The normalized spacial score (nSPS) is 15.1. The second-order valence-electron chi connectivity index (χ2n) is 12.1. The van der Waals surface area contributed by atoms with Crippen LogP contribution in [-0.4, -0.2) is 0 Å². The first-order valence-electron chi connectivity index (χ1n) is 15.5. The van der Waals surface area contributed by atoms with Crippen molar-refractivity contribution in [3.63, 3.8) is 0 Å². The van der Waals surface area contributed by atoms with Gasteiger partial charge in [-0.25, -0.2) is 0 Å². The molecule has 0 aliphatic heterocycles. The summed E-state index contributed by atoms with van der Waals surface area (Å²) in [6.45, 7) is 2.25. The molecule has 1 aliphatic carbocycles. The van der Waals surface area contributed by atoms with Crippen LogP contribution in [0, 0.1) is 0 Å². The monoisotopic (exact) mass is 562 g/mol. The molecule has 1 heteroatoms. The molecule has 0 N–H and O–H groups in total.